The molecule has 0 aromatic carbocycles. The maximum atomic E-state index is 5.25. The Hall–Kier alpha value is 0.560. The average molecular weight is 210 g/mol. The van der Waals surface area contributed by atoms with Crippen LogP contribution in [-0.4, -0.2) is 55.4 Å². The van der Waals surface area contributed by atoms with Crippen LogP contribution in [0.2, 0.25) is 0 Å². The van der Waals surface area contributed by atoms with Crippen molar-refractivity contribution in [1.29, 1.82) is 0 Å². The SMILES string of the molecule is C[N+]1(CC2CO2)CCSCC1.[Cl-]. The minimum absolute atomic E-state index is 0. The molecular weight excluding hydrogens is 194 g/mol. The highest BCUT2D eigenvalue weighted by Crippen LogP contribution is 2.20. The lowest BCUT2D eigenvalue weighted by molar-refractivity contribution is -0.906. The summed E-state index contributed by atoms with van der Waals surface area (Å²) in [6, 6.07) is 0. The Bertz CT molecular complexity index is 146. The molecular formula is C8H16ClNOS. The van der Waals surface area contributed by atoms with E-state index < -0.39 is 0 Å². The van der Waals surface area contributed by atoms with E-state index in [0.29, 0.717) is 6.10 Å². The molecule has 2 fully saturated rings. The molecule has 1 unspecified atom stereocenters. The van der Waals surface area contributed by atoms with Gasteiger partial charge in [0.2, 0.25) is 0 Å². The van der Waals surface area contributed by atoms with Crippen LogP contribution in [0.3, 0.4) is 0 Å². The summed E-state index contributed by atoms with van der Waals surface area (Å²) in [5, 5.41) is 0. The number of hydrogen-bond donors (Lipinski definition) is 0. The first kappa shape index (κ1) is 10.6. The van der Waals surface area contributed by atoms with Gasteiger partial charge in [0.15, 0.2) is 0 Å². The first-order valence-electron chi connectivity index (χ1n) is 4.31. The van der Waals surface area contributed by atoms with Gasteiger partial charge in [0, 0.05) is 11.5 Å². The second kappa shape index (κ2) is 4.18. The third kappa shape index (κ3) is 2.80. The van der Waals surface area contributed by atoms with Crippen LogP contribution in [0.5, 0.6) is 0 Å². The van der Waals surface area contributed by atoms with Gasteiger partial charge < -0.3 is 21.6 Å². The van der Waals surface area contributed by atoms with Gasteiger partial charge in [-0.1, -0.05) is 0 Å². The van der Waals surface area contributed by atoms with E-state index >= 15 is 0 Å². The molecule has 0 aliphatic carbocycles. The van der Waals surface area contributed by atoms with Crippen LogP contribution in [0.25, 0.3) is 0 Å². The summed E-state index contributed by atoms with van der Waals surface area (Å²) in [6.07, 6.45) is 0.600. The number of epoxide rings is 1. The van der Waals surface area contributed by atoms with E-state index in [2.05, 4.69) is 18.8 Å². The minimum atomic E-state index is 0. The van der Waals surface area contributed by atoms with Crippen LogP contribution in [0.4, 0.5) is 0 Å². The van der Waals surface area contributed by atoms with Crippen molar-refractivity contribution >= 4 is 11.8 Å². The van der Waals surface area contributed by atoms with Gasteiger partial charge in [-0.05, 0) is 0 Å². The number of nitrogens with zero attached hydrogens (tertiary/aromatic N) is 1. The third-order valence-corrected chi connectivity index (χ3v) is 3.54. The zero-order valence-corrected chi connectivity index (χ0v) is 9.03. The van der Waals surface area contributed by atoms with Crippen molar-refractivity contribution in [3.8, 4) is 0 Å². The molecule has 12 heavy (non-hydrogen) atoms. The van der Waals surface area contributed by atoms with Gasteiger partial charge in [-0.3, -0.25) is 0 Å². The Balaban J connectivity index is 0.000000720. The quantitative estimate of drug-likeness (QED) is 0.371. The van der Waals surface area contributed by atoms with E-state index in [1.54, 1.807) is 0 Å². The summed E-state index contributed by atoms with van der Waals surface area (Å²) in [5.74, 6) is 2.67. The van der Waals surface area contributed by atoms with E-state index in [1.807, 2.05) is 0 Å². The Morgan fingerprint density at radius 3 is 2.50 bits per heavy atom. The number of halogens is 1. The summed E-state index contributed by atoms with van der Waals surface area (Å²) >= 11 is 2.09. The van der Waals surface area contributed by atoms with Crippen molar-refractivity contribution in [3.05, 3.63) is 0 Å². The van der Waals surface area contributed by atoms with E-state index in [4.69, 9.17) is 4.74 Å². The predicted octanol–water partition coefficient (Wildman–Crippen LogP) is -2.42. The topological polar surface area (TPSA) is 12.5 Å². The lowest BCUT2D eigenvalue weighted by Crippen LogP contribution is -3.00. The standard InChI is InChI=1S/C8H16NOS.ClH/c1-9(6-8-7-10-8)2-4-11-5-3-9;/h8H,2-7H2,1H3;1H/q+1;/p-1. The zero-order chi connectivity index (χ0) is 7.73. The number of likely N-dealkylation sites (N-methyl/N-ethyl adjacent to an activating group) is 1. The third-order valence-electron chi connectivity index (χ3n) is 2.60. The molecule has 0 radical (unpaired) electrons. The molecule has 0 N–H and O–H groups in total. The van der Waals surface area contributed by atoms with Gasteiger partial charge in [0.25, 0.3) is 0 Å². The Kier molecular flexibility index (Phi) is 3.71. The molecule has 0 saturated carbocycles. The fraction of sp³-hybridized carbons (Fsp3) is 1.00. The normalized spacial score (nSPS) is 32.2. The fourth-order valence-corrected chi connectivity index (χ4v) is 2.98. The lowest BCUT2D eigenvalue weighted by atomic mass is 10.3. The molecule has 0 aromatic heterocycles. The Morgan fingerprint density at radius 2 is 2.00 bits per heavy atom. The molecule has 72 valence electrons. The van der Waals surface area contributed by atoms with Crippen molar-refractivity contribution < 1.29 is 21.6 Å². The molecule has 2 aliphatic heterocycles. The largest absolute Gasteiger partial charge is 1.00 e. The zero-order valence-electron chi connectivity index (χ0n) is 7.46. The average Bonchev–Trinajstić information content (AvgIpc) is 2.72. The van der Waals surface area contributed by atoms with Crippen LogP contribution in [0, 0.1) is 0 Å². The molecule has 1 atom stereocenters. The molecule has 2 heterocycles. The number of rotatable bonds is 2. The fourth-order valence-electron chi connectivity index (χ4n) is 1.63. The lowest BCUT2D eigenvalue weighted by Gasteiger charge is -2.36. The van der Waals surface area contributed by atoms with Crippen LogP contribution >= 0.6 is 11.8 Å². The molecule has 0 amide bonds. The van der Waals surface area contributed by atoms with E-state index in [-0.39, 0.29) is 12.4 Å². The van der Waals surface area contributed by atoms with Crippen LogP contribution in [0.15, 0.2) is 0 Å². The Labute approximate surface area is 84.6 Å². The highest BCUT2D eigenvalue weighted by atomic mass is 35.5. The van der Waals surface area contributed by atoms with Gasteiger partial charge >= 0.3 is 0 Å². The van der Waals surface area contributed by atoms with Gasteiger partial charge in [-0.25, -0.2) is 0 Å². The molecule has 0 bridgehead atoms. The second-order valence-corrected chi connectivity index (χ2v) is 5.04. The summed E-state index contributed by atoms with van der Waals surface area (Å²) in [7, 11) is 2.36. The van der Waals surface area contributed by atoms with Crippen LogP contribution in [0.1, 0.15) is 0 Å². The first-order chi connectivity index (χ1) is 5.29. The Morgan fingerprint density at radius 1 is 1.42 bits per heavy atom. The van der Waals surface area contributed by atoms with Gasteiger partial charge in [0.05, 0.1) is 26.7 Å². The monoisotopic (exact) mass is 209 g/mol. The number of hydrogen-bond acceptors (Lipinski definition) is 2. The molecule has 4 heteroatoms. The van der Waals surface area contributed by atoms with Crippen molar-refractivity contribution in [2.75, 3.05) is 44.8 Å². The maximum Gasteiger partial charge on any atom is 0.130 e. The van der Waals surface area contributed by atoms with Crippen molar-refractivity contribution in [3.63, 3.8) is 0 Å². The van der Waals surface area contributed by atoms with Gasteiger partial charge in [-0.15, -0.1) is 0 Å². The van der Waals surface area contributed by atoms with E-state index in [1.165, 1.54) is 35.6 Å². The van der Waals surface area contributed by atoms with E-state index in [9.17, 15) is 0 Å². The number of ether oxygens (including phenoxy) is 1. The summed E-state index contributed by atoms with van der Waals surface area (Å²) < 4.78 is 6.50. The molecule has 2 rings (SSSR count). The summed E-state index contributed by atoms with van der Waals surface area (Å²) in [5.41, 5.74) is 0. The molecule has 2 saturated heterocycles. The highest BCUT2D eigenvalue weighted by molar-refractivity contribution is 7.99. The van der Waals surface area contributed by atoms with Crippen LogP contribution < -0.4 is 12.4 Å². The highest BCUT2D eigenvalue weighted by Gasteiger charge is 2.34. The van der Waals surface area contributed by atoms with E-state index in [0.717, 1.165) is 6.61 Å². The van der Waals surface area contributed by atoms with Crippen molar-refractivity contribution in [2.24, 2.45) is 0 Å². The van der Waals surface area contributed by atoms with Crippen molar-refractivity contribution in [1.82, 2.24) is 0 Å². The van der Waals surface area contributed by atoms with Gasteiger partial charge in [0.1, 0.15) is 12.6 Å². The summed E-state index contributed by atoms with van der Waals surface area (Å²) in [4.78, 5) is 0. The smallest absolute Gasteiger partial charge is 0.130 e. The summed E-state index contributed by atoms with van der Waals surface area (Å²) in [6.45, 7) is 4.94. The molecule has 2 nitrogen and oxygen atoms in total. The minimum Gasteiger partial charge on any atom is -1.00 e. The molecule has 2 aliphatic rings. The number of thioether (sulfide) groups is 1. The molecule has 0 spiro atoms. The van der Waals surface area contributed by atoms with Crippen LogP contribution in [-0.2, 0) is 4.74 Å². The van der Waals surface area contributed by atoms with Crippen molar-refractivity contribution in [2.45, 2.75) is 6.10 Å². The number of quaternary nitrogens is 1. The molecule has 0 aromatic rings. The van der Waals surface area contributed by atoms with Gasteiger partial charge in [-0.2, -0.15) is 11.8 Å². The second-order valence-electron chi connectivity index (χ2n) is 3.82. The first-order valence-corrected chi connectivity index (χ1v) is 5.47. The maximum absolute atomic E-state index is 5.25. The predicted molar refractivity (Wildman–Crippen MR) is 47.9 cm³/mol.